The van der Waals surface area contributed by atoms with Crippen molar-refractivity contribution >= 4 is 39.5 Å². The molecule has 0 bridgehead atoms. The Balaban J connectivity index is 1.33. The summed E-state index contributed by atoms with van der Waals surface area (Å²) in [4.78, 5) is 11.8. The van der Waals surface area contributed by atoms with Crippen LogP contribution in [0.3, 0.4) is 0 Å². The van der Waals surface area contributed by atoms with E-state index in [2.05, 4.69) is 51.8 Å². The van der Waals surface area contributed by atoms with Gasteiger partial charge in [0.05, 0.1) is 18.8 Å². The van der Waals surface area contributed by atoms with Crippen molar-refractivity contribution in [2.75, 3.05) is 12.3 Å². The minimum absolute atomic E-state index is 0.540. The lowest BCUT2D eigenvalue weighted by molar-refractivity contribution is 0.519. The van der Waals surface area contributed by atoms with E-state index in [0.29, 0.717) is 6.04 Å². The van der Waals surface area contributed by atoms with Gasteiger partial charge in [-0.15, -0.1) is 0 Å². The molecule has 0 aliphatic carbocycles. The lowest BCUT2D eigenvalue weighted by Gasteiger charge is -2.26. The molecule has 6 heteroatoms. The van der Waals surface area contributed by atoms with Crippen molar-refractivity contribution in [3.63, 3.8) is 0 Å². The highest BCUT2D eigenvalue weighted by Crippen LogP contribution is 2.37. The van der Waals surface area contributed by atoms with Gasteiger partial charge in [-0.1, -0.05) is 61.5 Å². The summed E-state index contributed by atoms with van der Waals surface area (Å²) in [6.45, 7) is 4.10. The molecule has 0 saturated carbocycles. The van der Waals surface area contributed by atoms with Crippen molar-refractivity contribution in [1.82, 2.24) is 10.2 Å². The SMILES string of the molecule is CCCCC1CN=C(SCC2=CSC3=Nc4ccccc4CN23)N1. The van der Waals surface area contributed by atoms with E-state index in [9.17, 15) is 0 Å². The van der Waals surface area contributed by atoms with Gasteiger partial charge < -0.3 is 10.2 Å². The number of benzene rings is 1. The minimum atomic E-state index is 0.540. The number of hydrogen-bond donors (Lipinski definition) is 1. The second-order valence-corrected chi connectivity index (χ2v) is 8.05. The van der Waals surface area contributed by atoms with Crippen LogP contribution >= 0.6 is 23.5 Å². The van der Waals surface area contributed by atoms with Gasteiger partial charge in [0.1, 0.15) is 0 Å². The normalized spacial score (nSPS) is 21.6. The number of rotatable bonds is 5. The first-order valence-corrected chi connectivity index (χ1v) is 10.4. The summed E-state index contributed by atoms with van der Waals surface area (Å²) >= 11 is 3.55. The summed E-state index contributed by atoms with van der Waals surface area (Å²) in [6, 6.07) is 8.96. The Kier molecular flexibility index (Phi) is 4.85. The maximum Gasteiger partial charge on any atom is 0.173 e. The Bertz CT molecular complexity index is 711. The van der Waals surface area contributed by atoms with Crippen LogP contribution in [0.1, 0.15) is 31.7 Å². The molecule has 1 atom stereocenters. The third-order valence-electron chi connectivity index (χ3n) is 4.46. The molecule has 0 fully saturated rings. The van der Waals surface area contributed by atoms with Crippen LogP contribution in [0, 0.1) is 0 Å². The molecule has 1 aromatic carbocycles. The van der Waals surface area contributed by atoms with Crippen LogP contribution in [0.25, 0.3) is 0 Å². The molecule has 1 N–H and O–H groups in total. The van der Waals surface area contributed by atoms with Crippen LogP contribution in [0.5, 0.6) is 0 Å². The van der Waals surface area contributed by atoms with Gasteiger partial charge in [-0.2, -0.15) is 0 Å². The number of hydrogen-bond acceptors (Lipinski definition) is 6. The largest absolute Gasteiger partial charge is 0.360 e. The van der Waals surface area contributed by atoms with E-state index in [0.717, 1.165) is 34.9 Å². The first kappa shape index (κ1) is 16.1. The molecule has 3 heterocycles. The number of amidine groups is 2. The molecular weight excluding hydrogens is 336 g/mol. The fourth-order valence-corrected chi connectivity index (χ4v) is 5.03. The van der Waals surface area contributed by atoms with Crippen molar-refractivity contribution in [2.45, 2.75) is 38.8 Å². The Labute approximate surface area is 151 Å². The standard InChI is InChI=1S/C18H22N4S2/c1-2-3-7-14-9-19-17(20-14)23-11-15-12-24-18-21-16-8-5-4-6-13(16)10-22(15)18/h4-6,8,12,14H,2-3,7,9-11H2,1H3,(H,19,20). The van der Waals surface area contributed by atoms with Crippen LogP contribution in [0.4, 0.5) is 5.69 Å². The van der Waals surface area contributed by atoms with Crippen molar-refractivity contribution in [3.8, 4) is 0 Å². The van der Waals surface area contributed by atoms with Crippen molar-refractivity contribution in [2.24, 2.45) is 9.98 Å². The highest BCUT2D eigenvalue weighted by molar-refractivity contribution is 8.17. The average Bonchev–Trinajstić information content (AvgIpc) is 3.22. The Hall–Kier alpha value is -1.40. The van der Waals surface area contributed by atoms with Crippen LogP contribution in [-0.2, 0) is 6.54 Å². The van der Waals surface area contributed by atoms with Gasteiger partial charge >= 0.3 is 0 Å². The molecule has 1 aromatic rings. The van der Waals surface area contributed by atoms with E-state index in [4.69, 9.17) is 4.99 Å². The number of para-hydroxylation sites is 1. The first-order valence-electron chi connectivity index (χ1n) is 8.57. The molecule has 0 radical (unpaired) electrons. The number of nitrogens with zero attached hydrogens (tertiary/aromatic N) is 3. The molecule has 0 aromatic heterocycles. The summed E-state index contributed by atoms with van der Waals surface area (Å²) < 4.78 is 0. The molecule has 4 nitrogen and oxygen atoms in total. The molecule has 126 valence electrons. The predicted octanol–water partition coefficient (Wildman–Crippen LogP) is 4.33. The second kappa shape index (κ2) is 7.23. The second-order valence-electron chi connectivity index (χ2n) is 6.25. The van der Waals surface area contributed by atoms with E-state index in [1.807, 2.05) is 11.8 Å². The molecule has 3 aliphatic rings. The lowest BCUT2D eigenvalue weighted by Crippen LogP contribution is -2.30. The van der Waals surface area contributed by atoms with Crippen LogP contribution < -0.4 is 5.32 Å². The smallest absolute Gasteiger partial charge is 0.173 e. The van der Waals surface area contributed by atoms with Gasteiger partial charge in [0.25, 0.3) is 0 Å². The van der Waals surface area contributed by atoms with Crippen molar-refractivity contribution in [1.29, 1.82) is 0 Å². The molecular formula is C18H22N4S2. The third-order valence-corrected chi connectivity index (χ3v) is 6.33. The number of nitrogens with one attached hydrogen (secondary N) is 1. The zero-order chi connectivity index (χ0) is 16.4. The number of aliphatic imine (C=N–C) groups is 2. The molecule has 0 saturated heterocycles. The summed E-state index contributed by atoms with van der Waals surface area (Å²) in [7, 11) is 0. The predicted molar refractivity (Wildman–Crippen MR) is 106 cm³/mol. The third kappa shape index (κ3) is 3.35. The van der Waals surface area contributed by atoms with Gasteiger partial charge in [0.15, 0.2) is 10.3 Å². The number of fused-ring (bicyclic) bond motifs is 2. The van der Waals surface area contributed by atoms with Gasteiger partial charge in [-0.3, -0.25) is 4.99 Å². The Morgan fingerprint density at radius 1 is 1.38 bits per heavy atom. The van der Waals surface area contributed by atoms with Crippen molar-refractivity contribution < 1.29 is 0 Å². The highest BCUT2D eigenvalue weighted by Gasteiger charge is 2.28. The molecule has 0 spiro atoms. The Morgan fingerprint density at radius 2 is 2.29 bits per heavy atom. The summed E-state index contributed by atoms with van der Waals surface area (Å²) in [5, 5.41) is 8.01. The molecule has 0 amide bonds. The quantitative estimate of drug-likeness (QED) is 0.850. The number of unbranched alkanes of at least 4 members (excludes halogenated alkanes) is 1. The summed E-state index contributed by atoms with van der Waals surface area (Å²) in [5.41, 5.74) is 3.74. The van der Waals surface area contributed by atoms with Gasteiger partial charge in [0, 0.05) is 17.5 Å². The van der Waals surface area contributed by atoms with Gasteiger partial charge in [-0.05, 0) is 23.5 Å². The van der Waals surface area contributed by atoms with E-state index < -0.39 is 0 Å². The lowest BCUT2D eigenvalue weighted by atomic mass is 10.1. The highest BCUT2D eigenvalue weighted by atomic mass is 32.2. The molecule has 24 heavy (non-hydrogen) atoms. The molecule has 3 aliphatic heterocycles. The van der Waals surface area contributed by atoms with E-state index in [1.165, 1.54) is 30.5 Å². The monoisotopic (exact) mass is 358 g/mol. The maximum atomic E-state index is 4.78. The maximum absolute atomic E-state index is 4.78. The minimum Gasteiger partial charge on any atom is -0.360 e. The number of thioether (sulfide) groups is 2. The summed E-state index contributed by atoms with van der Waals surface area (Å²) in [5.74, 6) is 0.945. The van der Waals surface area contributed by atoms with E-state index >= 15 is 0 Å². The molecule has 4 rings (SSSR count). The fourth-order valence-electron chi connectivity index (χ4n) is 3.07. The van der Waals surface area contributed by atoms with Crippen LogP contribution in [-0.4, -0.2) is 33.6 Å². The van der Waals surface area contributed by atoms with E-state index in [1.54, 1.807) is 11.8 Å². The van der Waals surface area contributed by atoms with Crippen LogP contribution in [0.2, 0.25) is 0 Å². The fraction of sp³-hybridized carbons (Fsp3) is 0.444. The topological polar surface area (TPSA) is 40.0 Å². The first-order chi connectivity index (χ1) is 11.8. The molecule has 1 unspecified atom stereocenters. The Morgan fingerprint density at radius 3 is 3.21 bits per heavy atom. The zero-order valence-electron chi connectivity index (χ0n) is 13.9. The zero-order valence-corrected chi connectivity index (χ0v) is 15.5. The van der Waals surface area contributed by atoms with Crippen molar-refractivity contribution in [3.05, 3.63) is 40.9 Å². The average molecular weight is 359 g/mol. The van der Waals surface area contributed by atoms with Gasteiger partial charge in [-0.25, -0.2) is 4.99 Å². The van der Waals surface area contributed by atoms with E-state index in [-0.39, 0.29) is 0 Å². The summed E-state index contributed by atoms with van der Waals surface area (Å²) in [6.07, 6.45) is 3.76. The van der Waals surface area contributed by atoms with Crippen LogP contribution in [0.15, 0.2) is 45.4 Å². The van der Waals surface area contributed by atoms with Gasteiger partial charge in [0.2, 0.25) is 0 Å².